The third-order valence-corrected chi connectivity index (χ3v) is 4.33. The molecule has 0 amide bonds. The maximum Gasteiger partial charge on any atom is 0.285 e. The summed E-state index contributed by atoms with van der Waals surface area (Å²) < 4.78 is 27.3. The predicted molar refractivity (Wildman–Crippen MR) is 101 cm³/mol. The first-order chi connectivity index (χ1) is 12.1. The SMILES string of the molecule is C=CC.CCCCCCCCC(CCOC1CO1)C(OC)(OC)OC. The van der Waals surface area contributed by atoms with Gasteiger partial charge in [-0.1, -0.05) is 51.5 Å². The lowest BCUT2D eigenvalue weighted by Crippen LogP contribution is -2.44. The summed E-state index contributed by atoms with van der Waals surface area (Å²) in [4.78, 5) is 0. The highest BCUT2D eigenvalue weighted by molar-refractivity contribution is 4.72. The molecule has 0 radical (unpaired) electrons. The van der Waals surface area contributed by atoms with Crippen molar-refractivity contribution in [2.75, 3.05) is 34.5 Å². The molecule has 5 heteroatoms. The van der Waals surface area contributed by atoms with E-state index in [4.69, 9.17) is 23.7 Å². The largest absolute Gasteiger partial charge is 0.350 e. The van der Waals surface area contributed by atoms with Crippen molar-refractivity contribution >= 4 is 0 Å². The van der Waals surface area contributed by atoms with Gasteiger partial charge in [0.1, 0.15) is 6.61 Å². The van der Waals surface area contributed by atoms with Crippen molar-refractivity contribution in [1.29, 1.82) is 0 Å². The van der Waals surface area contributed by atoms with Crippen LogP contribution in [0.2, 0.25) is 0 Å². The highest BCUT2D eigenvalue weighted by atomic mass is 16.9. The van der Waals surface area contributed by atoms with Gasteiger partial charge in [-0.05, 0) is 19.8 Å². The molecule has 2 unspecified atom stereocenters. The van der Waals surface area contributed by atoms with Crippen molar-refractivity contribution < 1.29 is 23.7 Å². The second-order valence-electron chi connectivity index (χ2n) is 6.30. The number of rotatable bonds is 15. The van der Waals surface area contributed by atoms with Gasteiger partial charge in [-0.25, -0.2) is 0 Å². The van der Waals surface area contributed by atoms with E-state index in [0.29, 0.717) is 13.2 Å². The first-order valence-electron chi connectivity index (χ1n) is 9.59. The minimum absolute atomic E-state index is 0.00303. The molecule has 0 N–H and O–H groups in total. The molecule has 150 valence electrons. The fourth-order valence-corrected chi connectivity index (χ4v) is 2.90. The molecular formula is C20H40O5. The zero-order valence-electron chi connectivity index (χ0n) is 17.1. The van der Waals surface area contributed by atoms with Crippen LogP contribution in [0.4, 0.5) is 0 Å². The van der Waals surface area contributed by atoms with Gasteiger partial charge in [0.15, 0.2) is 6.29 Å². The minimum Gasteiger partial charge on any atom is -0.350 e. The van der Waals surface area contributed by atoms with Crippen molar-refractivity contribution in [1.82, 2.24) is 0 Å². The number of epoxide rings is 1. The molecule has 1 aliphatic rings. The zero-order valence-corrected chi connectivity index (χ0v) is 17.1. The van der Waals surface area contributed by atoms with Crippen LogP contribution in [-0.2, 0) is 23.7 Å². The zero-order chi connectivity index (χ0) is 19.0. The van der Waals surface area contributed by atoms with Crippen molar-refractivity contribution in [3.63, 3.8) is 0 Å². The van der Waals surface area contributed by atoms with Crippen LogP contribution in [0, 0.1) is 5.92 Å². The summed E-state index contributed by atoms with van der Waals surface area (Å²) in [5.74, 6) is -0.825. The Kier molecular flexibility index (Phi) is 15.5. The highest BCUT2D eigenvalue weighted by Crippen LogP contribution is 2.31. The van der Waals surface area contributed by atoms with Crippen molar-refractivity contribution in [2.24, 2.45) is 5.92 Å². The molecule has 0 aromatic heterocycles. The van der Waals surface area contributed by atoms with Gasteiger partial charge in [0.2, 0.25) is 0 Å². The van der Waals surface area contributed by atoms with Crippen molar-refractivity contribution in [2.45, 2.75) is 77.5 Å². The summed E-state index contributed by atoms with van der Waals surface area (Å²) in [6, 6.07) is 0. The molecular weight excluding hydrogens is 320 g/mol. The predicted octanol–water partition coefficient (Wildman–Crippen LogP) is 4.90. The lowest BCUT2D eigenvalue weighted by Gasteiger charge is -2.36. The average molecular weight is 361 g/mol. The van der Waals surface area contributed by atoms with Gasteiger partial charge in [-0.15, -0.1) is 6.58 Å². The Morgan fingerprint density at radius 1 is 1.04 bits per heavy atom. The van der Waals surface area contributed by atoms with Crippen LogP contribution in [0.25, 0.3) is 0 Å². The van der Waals surface area contributed by atoms with E-state index < -0.39 is 5.97 Å². The number of hydrogen-bond acceptors (Lipinski definition) is 5. The Bertz CT molecular complexity index is 292. The van der Waals surface area contributed by atoms with E-state index >= 15 is 0 Å². The number of methoxy groups -OCH3 is 3. The van der Waals surface area contributed by atoms with E-state index in [0.717, 1.165) is 19.3 Å². The van der Waals surface area contributed by atoms with E-state index in [1.165, 1.54) is 32.1 Å². The Hall–Kier alpha value is -0.460. The van der Waals surface area contributed by atoms with Gasteiger partial charge in [-0.2, -0.15) is 0 Å². The topological polar surface area (TPSA) is 49.5 Å². The molecule has 0 aromatic carbocycles. The lowest BCUT2D eigenvalue weighted by molar-refractivity contribution is -0.381. The molecule has 0 spiro atoms. The van der Waals surface area contributed by atoms with Crippen LogP contribution in [0.15, 0.2) is 12.7 Å². The number of allylic oxidation sites excluding steroid dienone is 1. The second-order valence-corrected chi connectivity index (χ2v) is 6.30. The van der Waals surface area contributed by atoms with Crippen LogP contribution in [0.1, 0.15) is 65.2 Å². The number of unbranched alkanes of at least 4 members (excludes halogenated alkanes) is 5. The molecule has 1 aliphatic heterocycles. The van der Waals surface area contributed by atoms with Crippen LogP contribution < -0.4 is 0 Å². The van der Waals surface area contributed by atoms with Crippen molar-refractivity contribution in [3.8, 4) is 0 Å². The van der Waals surface area contributed by atoms with Gasteiger partial charge in [-0.3, -0.25) is 0 Å². The highest BCUT2D eigenvalue weighted by Gasteiger charge is 2.39. The van der Waals surface area contributed by atoms with Gasteiger partial charge in [0.05, 0.1) is 6.61 Å². The molecule has 1 saturated heterocycles. The summed E-state index contributed by atoms with van der Waals surface area (Å²) in [6.45, 7) is 8.85. The number of ether oxygens (including phenoxy) is 5. The Labute approximate surface area is 155 Å². The number of hydrogen-bond donors (Lipinski definition) is 0. The van der Waals surface area contributed by atoms with Crippen LogP contribution >= 0.6 is 0 Å². The smallest absolute Gasteiger partial charge is 0.285 e. The average Bonchev–Trinajstić information content (AvgIpc) is 3.44. The van der Waals surface area contributed by atoms with Gasteiger partial charge in [0.25, 0.3) is 5.97 Å². The van der Waals surface area contributed by atoms with Gasteiger partial charge in [0, 0.05) is 27.2 Å². The van der Waals surface area contributed by atoms with E-state index in [9.17, 15) is 0 Å². The summed E-state index contributed by atoms with van der Waals surface area (Å²) in [7, 11) is 4.89. The van der Waals surface area contributed by atoms with Crippen LogP contribution in [0.3, 0.4) is 0 Å². The van der Waals surface area contributed by atoms with E-state index in [-0.39, 0.29) is 12.2 Å². The molecule has 0 saturated carbocycles. The van der Waals surface area contributed by atoms with E-state index in [1.807, 2.05) is 6.92 Å². The van der Waals surface area contributed by atoms with Crippen LogP contribution in [-0.4, -0.2) is 46.8 Å². The fraction of sp³-hybridized carbons (Fsp3) is 0.900. The summed E-state index contributed by atoms with van der Waals surface area (Å²) in [5.41, 5.74) is 0. The summed E-state index contributed by atoms with van der Waals surface area (Å²) in [5, 5.41) is 0. The maximum atomic E-state index is 5.58. The molecule has 1 heterocycles. The molecule has 0 aromatic rings. The van der Waals surface area contributed by atoms with Crippen LogP contribution in [0.5, 0.6) is 0 Å². The first kappa shape index (κ1) is 24.5. The lowest BCUT2D eigenvalue weighted by atomic mass is 9.94. The molecule has 2 atom stereocenters. The van der Waals surface area contributed by atoms with E-state index in [1.54, 1.807) is 27.4 Å². The molecule has 1 fully saturated rings. The molecule has 5 nitrogen and oxygen atoms in total. The van der Waals surface area contributed by atoms with E-state index in [2.05, 4.69) is 13.5 Å². The molecule has 1 rings (SSSR count). The Morgan fingerprint density at radius 2 is 1.56 bits per heavy atom. The normalized spacial score (nSPS) is 17.6. The summed E-state index contributed by atoms with van der Waals surface area (Å²) in [6.07, 6.45) is 11.2. The quantitative estimate of drug-likeness (QED) is 0.180. The monoisotopic (exact) mass is 360 g/mol. The maximum absolute atomic E-state index is 5.58. The fourth-order valence-electron chi connectivity index (χ4n) is 2.90. The minimum atomic E-state index is -0.975. The molecule has 0 aliphatic carbocycles. The first-order valence-corrected chi connectivity index (χ1v) is 9.59. The molecule has 0 bridgehead atoms. The Balaban J connectivity index is 0.00000178. The third-order valence-electron chi connectivity index (χ3n) is 4.33. The molecule has 25 heavy (non-hydrogen) atoms. The van der Waals surface area contributed by atoms with Gasteiger partial charge >= 0.3 is 0 Å². The standard InChI is InChI=1S/C17H34O5.C3H6/c1-5-6-7-8-9-10-11-15(12-13-21-16-14-22-16)17(18-2,19-3)20-4;1-3-2/h15-16H,5-14H2,1-4H3;3H,1H2,2H3. The second kappa shape index (κ2) is 15.8. The van der Waals surface area contributed by atoms with Crippen molar-refractivity contribution in [3.05, 3.63) is 12.7 Å². The third kappa shape index (κ3) is 11.0. The Morgan fingerprint density at radius 3 is 2.04 bits per heavy atom. The summed E-state index contributed by atoms with van der Waals surface area (Å²) >= 11 is 0. The van der Waals surface area contributed by atoms with Gasteiger partial charge < -0.3 is 23.7 Å².